The summed E-state index contributed by atoms with van der Waals surface area (Å²) in [5.74, 6) is 3.17. The number of piperazine rings is 1. The van der Waals surface area contributed by atoms with Crippen molar-refractivity contribution in [1.29, 1.82) is 0 Å². The van der Waals surface area contributed by atoms with Crippen LogP contribution in [0, 0.1) is 29.5 Å². The summed E-state index contributed by atoms with van der Waals surface area (Å²) >= 11 is 0. The summed E-state index contributed by atoms with van der Waals surface area (Å²) in [4.78, 5) is 19.4. The fraction of sp³-hybridized carbons (Fsp3) is 0.571. The molecule has 1 aromatic carbocycles. The fourth-order valence-corrected chi connectivity index (χ4v) is 5.53. The Kier molecular flexibility index (Phi) is 4.00. The number of nitrogens with zero attached hydrogens (tertiary/aromatic N) is 3. The number of anilines is 1. The first kappa shape index (κ1) is 16.3. The van der Waals surface area contributed by atoms with Crippen LogP contribution >= 0.6 is 0 Å². The molecule has 0 spiro atoms. The summed E-state index contributed by atoms with van der Waals surface area (Å²) < 4.78 is 13.1. The lowest BCUT2D eigenvalue weighted by molar-refractivity contribution is -0.132. The summed E-state index contributed by atoms with van der Waals surface area (Å²) in [5, 5.41) is 0. The number of likely N-dealkylation sites (tertiary alicyclic amines) is 1. The fourth-order valence-electron chi connectivity index (χ4n) is 5.53. The molecule has 2 unspecified atom stereocenters. The highest BCUT2D eigenvalue weighted by Crippen LogP contribution is 2.51. The molecule has 4 atom stereocenters. The minimum Gasteiger partial charge on any atom is -0.368 e. The lowest BCUT2D eigenvalue weighted by Gasteiger charge is -2.36. The number of benzene rings is 1. The molecule has 2 bridgehead atoms. The van der Waals surface area contributed by atoms with E-state index >= 15 is 0 Å². The molecule has 5 heteroatoms. The SMILES string of the molecule is O=C(CN1C[C@@H]2C3C=CC(C3)[C@@H]2C1)N1CCN(c2ccc(F)cc2)CC1. The van der Waals surface area contributed by atoms with Gasteiger partial charge in [-0.25, -0.2) is 4.39 Å². The second-order valence-corrected chi connectivity index (χ2v) is 8.31. The van der Waals surface area contributed by atoms with Gasteiger partial charge in [0.05, 0.1) is 6.54 Å². The van der Waals surface area contributed by atoms with Crippen LogP contribution < -0.4 is 4.90 Å². The quantitative estimate of drug-likeness (QED) is 0.778. The number of hydrogen-bond acceptors (Lipinski definition) is 3. The van der Waals surface area contributed by atoms with Gasteiger partial charge in [-0.05, 0) is 54.4 Å². The van der Waals surface area contributed by atoms with E-state index in [4.69, 9.17) is 0 Å². The van der Waals surface area contributed by atoms with Gasteiger partial charge in [0.2, 0.25) is 5.91 Å². The van der Waals surface area contributed by atoms with E-state index in [2.05, 4.69) is 22.0 Å². The molecule has 1 amide bonds. The Morgan fingerprint density at radius 1 is 0.962 bits per heavy atom. The normalized spacial score (nSPS) is 33.1. The van der Waals surface area contributed by atoms with Crippen molar-refractivity contribution < 1.29 is 9.18 Å². The molecule has 0 N–H and O–H groups in total. The van der Waals surface area contributed by atoms with E-state index in [1.807, 2.05) is 17.0 Å². The number of carbonyl (C=O) groups is 1. The van der Waals surface area contributed by atoms with E-state index in [1.165, 1.54) is 18.6 Å². The number of carbonyl (C=O) groups excluding carboxylic acids is 1. The molecule has 2 aliphatic carbocycles. The van der Waals surface area contributed by atoms with Gasteiger partial charge in [-0.3, -0.25) is 9.69 Å². The smallest absolute Gasteiger partial charge is 0.236 e. The first-order chi connectivity index (χ1) is 12.7. The highest BCUT2D eigenvalue weighted by molar-refractivity contribution is 5.78. The third-order valence-electron chi connectivity index (χ3n) is 6.92. The van der Waals surface area contributed by atoms with E-state index in [0.717, 1.165) is 68.6 Å². The van der Waals surface area contributed by atoms with Crippen LogP contribution in [0.5, 0.6) is 0 Å². The average molecular weight is 355 g/mol. The molecule has 2 saturated heterocycles. The van der Waals surface area contributed by atoms with E-state index in [9.17, 15) is 9.18 Å². The van der Waals surface area contributed by atoms with Gasteiger partial charge >= 0.3 is 0 Å². The molecule has 0 radical (unpaired) electrons. The molecule has 2 aliphatic heterocycles. The minimum absolute atomic E-state index is 0.207. The van der Waals surface area contributed by atoms with E-state index < -0.39 is 0 Å². The minimum atomic E-state index is -0.207. The van der Waals surface area contributed by atoms with Crippen molar-refractivity contribution >= 4 is 11.6 Å². The largest absolute Gasteiger partial charge is 0.368 e. The number of amides is 1. The molecule has 2 heterocycles. The van der Waals surface area contributed by atoms with Gasteiger partial charge in [-0.15, -0.1) is 0 Å². The van der Waals surface area contributed by atoms with E-state index in [0.29, 0.717) is 6.54 Å². The van der Waals surface area contributed by atoms with Crippen LogP contribution in [-0.4, -0.2) is 61.5 Å². The molecule has 0 aromatic heterocycles. The van der Waals surface area contributed by atoms with Crippen LogP contribution in [0.15, 0.2) is 36.4 Å². The van der Waals surface area contributed by atoms with Crippen molar-refractivity contribution in [3.63, 3.8) is 0 Å². The second kappa shape index (κ2) is 6.38. The maximum atomic E-state index is 13.1. The van der Waals surface area contributed by atoms with Gasteiger partial charge in [0.25, 0.3) is 0 Å². The highest BCUT2D eigenvalue weighted by atomic mass is 19.1. The standard InChI is InChI=1S/C21H26FN3O/c22-17-3-5-18(6-4-17)24-7-9-25(10-8-24)21(26)14-23-12-19-15-1-2-16(11-15)20(19)13-23/h1-6,15-16,19-20H,7-14H2/t15?,16?,19-,20+. The molecular formula is C21H26FN3O. The number of fused-ring (bicyclic) bond motifs is 5. The Morgan fingerprint density at radius 2 is 1.58 bits per heavy atom. The zero-order valence-corrected chi connectivity index (χ0v) is 15.1. The van der Waals surface area contributed by atoms with Gasteiger partial charge in [0, 0.05) is 45.0 Å². The van der Waals surface area contributed by atoms with Crippen LogP contribution in [0.2, 0.25) is 0 Å². The molecular weight excluding hydrogens is 329 g/mol. The Labute approximate surface area is 154 Å². The van der Waals surface area contributed by atoms with Crippen LogP contribution in [0.25, 0.3) is 0 Å². The van der Waals surface area contributed by atoms with Gasteiger partial charge < -0.3 is 9.80 Å². The van der Waals surface area contributed by atoms with Crippen LogP contribution in [-0.2, 0) is 4.79 Å². The van der Waals surface area contributed by atoms with Gasteiger partial charge in [-0.1, -0.05) is 12.2 Å². The van der Waals surface area contributed by atoms with Crippen molar-refractivity contribution in [3.05, 3.63) is 42.2 Å². The molecule has 4 aliphatic rings. The Hall–Kier alpha value is -1.88. The van der Waals surface area contributed by atoms with Crippen molar-refractivity contribution in [1.82, 2.24) is 9.80 Å². The molecule has 4 nitrogen and oxygen atoms in total. The topological polar surface area (TPSA) is 26.8 Å². The van der Waals surface area contributed by atoms with Crippen LogP contribution in [0.3, 0.4) is 0 Å². The first-order valence-corrected chi connectivity index (χ1v) is 9.86. The predicted molar refractivity (Wildman–Crippen MR) is 99.4 cm³/mol. The third-order valence-corrected chi connectivity index (χ3v) is 6.92. The second-order valence-electron chi connectivity index (χ2n) is 8.31. The summed E-state index contributed by atoms with van der Waals surface area (Å²) in [7, 11) is 0. The number of allylic oxidation sites excluding steroid dienone is 2. The molecule has 26 heavy (non-hydrogen) atoms. The number of hydrogen-bond donors (Lipinski definition) is 0. The van der Waals surface area contributed by atoms with Crippen molar-refractivity contribution in [2.45, 2.75) is 6.42 Å². The van der Waals surface area contributed by atoms with Gasteiger partial charge in [-0.2, -0.15) is 0 Å². The Morgan fingerprint density at radius 3 is 2.19 bits per heavy atom. The number of halogens is 1. The van der Waals surface area contributed by atoms with E-state index in [-0.39, 0.29) is 11.7 Å². The third kappa shape index (κ3) is 2.82. The lowest BCUT2D eigenvalue weighted by atomic mass is 9.86. The monoisotopic (exact) mass is 355 g/mol. The maximum Gasteiger partial charge on any atom is 0.236 e. The van der Waals surface area contributed by atoms with Crippen LogP contribution in [0.4, 0.5) is 10.1 Å². The Balaban J connectivity index is 1.13. The summed E-state index contributed by atoms with van der Waals surface area (Å²) in [6.45, 7) is 5.90. The van der Waals surface area contributed by atoms with Gasteiger partial charge in [0.15, 0.2) is 0 Å². The predicted octanol–water partition coefficient (Wildman–Crippen LogP) is 2.23. The average Bonchev–Trinajstić information content (AvgIpc) is 3.35. The van der Waals surface area contributed by atoms with E-state index in [1.54, 1.807) is 0 Å². The Bertz CT molecular complexity index is 690. The van der Waals surface area contributed by atoms with Crippen molar-refractivity contribution in [3.8, 4) is 0 Å². The molecule has 138 valence electrons. The zero-order valence-electron chi connectivity index (χ0n) is 15.1. The molecule has 5 rings (SSSR count). The number of rotatable bonds is 3. The van der Waals surface area contributed by atoms with Gasteiger partial charge in [0.1, 0.15) is 5.82 Å². The zero-order chi connectivity index (χ0) is 17.7. The van der Waals surface area contributed by atoms with Crippen LogP contribution in [0.1, 0.15) is 6.42 Å². The summed E-state index contributed by atoms with van der Waals surface area (Å²) in [6.07, 6.45) is 6.17. The lowest BCUT2D eigenvalue weighted by Crippen LogP contribution is -2.51. The van der Waals surface area contributed by atoms with Crippen molar-refractivity contribution in [2.24, 2.45) is 23.7 Å². The summed E-state index contributed by atoms with van der Waals surface area (Å²) in [6, 6.07) is 6.63. The molecule has 3 fully saturated rings. The highest BCUT2D eigenvalue weighted by Gasteiger charge is 2.49. The summed E-state index contributed by atoms with van der Waals surface area (Å²) in [5.41, 5.74) is 1.04. The molecule has 1 aromatic rings. The van der Waals surface area contributed by atoms with Crippen molar-refractivity contribution in [2.75, 3.05) is 50.7 Å². The first-order valence-electron chi connectivity index (χ1n) is 9.86. The molecule has 1 saturated carbocycles. The maximum absolute atomic E-state index is 13.1.